The Morgan fingerprint density at radius 2 is 2.11 bits per heavy atom. The quantitative estimate of drug-likeness (QED) is 0.840. The number of nitrogens with one attached hydrogen (secondary N) is 1. The van der Waals surface area contributed by atoms with E-state index in [9.17, 15) is 12.8 Å². The lowest BCUT2D eigenvalue weighted by molar-refractivity contribution is 0.537. The first-order chi connectivity index (χ1) is 8.38. The Morgan fingerprint density at radius 1 is 1.44 bits per heavy atom. The van der Waals surface area contributed by atoms with Crippen molar-refractivity contribution < 1.29 is 12.8 Å². The van der Waals surface area contributed by atoms with Gasteiger partial charge in [-0.1, -0.05) is 15.9 Å². The first-order valence-corrected chi connectivity index (χ1v) is 8.31. The first-order valence-electron chi connectivity index (χ1n) is 5.70. The molecule has 6 heteroatoms. The highest BCUT2D eigenvalue weighted by molar-refractivity contribution is 9.09. The highest BCUT2D eigenvalue weighted by atomic mass is 79.9. The topological polar surface area (TPSA) is 46.2 Å². The van der Waals surface area contributed by atoms with Gasteiger partial charge in [-0.2, -0.15) is 0 Å². The molecule has 1 aromatic carbocycles. The Hall–Kier alpha value is -0.460. The number of hydrogen-bond donors (Lipinski definition) is 1. The molecule has 18 heavy (non-hydrogen) atoms. The van der Waals surface area contributed by atoms with Crippen molar-refractivity contribution >= 4 is 26.0 Å². The summed E-state index contributed by atoms with van der Waals surface area (Å²) in [6.45, 7) is 2.02. The van der Waals surface area contributed by atoms with E-state index in [2.05, 4.69) is 20.7 Å². The third kappa shape index (κ3) is 2.92. The SMILES string of the molecule is Cc1cc(F)ccc1S(=O)(=O)NCC1(CBr)CC1. The molecule has 0 spiro atoms. The number of benzene rings is 1. The maximum atomic E-state index is 13.0. The molecule has 1 aliphatic rings. The van der Waals surface area contributed by atoms with Gasteiger partial charge in [-0.3, -0.25) is 0 Å². The summed E-state index contributed by atoms with van der Waals surface area (Å²) in [4.78, 5) is 0.147. The summed E-state index contributed by atoms with van der Waals surface area (Å²) in [7, 11) is -3.55. The van der Waals surface area contributed by atoms with Crippen LogP contribution in [0, 0.1) is 18.2 Å². The molecule has 0 heterocycles. The van der Waals surface area contributed by atoms with Crippen molar-refractivity contribution in [3.05, 3.63) is 29.6 Å². The summed E-state index contributed by atoms with van der Waals surface area (Å²) in [6.07, 6.45) is 2.06. The molecule has 0 atom stereocenters. The second-order valence-corrected chi connectivity index (χ2v) is 7.16. The van der Waals surface area contributed by atoms with Gasteiger partial charge in [-0.25, -0.2) is 17.5 Å². The minimum absolute atomic E-state index is 0.0704. The average molecular weight is 336 g/mol. The minimum atomic E-state index is -3.55. The molecular formula is C12H15BrFNO2S. The van der Waals surface area contributed by atoms with Crippen molar-refractivity contribution in [2.24, 2.45) is 5.41 Å². The molecule has 1 saturated carbocycles. The largest absolute Gasteiger partial charge is 0.240 e. The Labute approximate surface area is 115 Å². The molecule has 1 N–H and O–H groups in total. The van der Waals surface area contributed by atoms with Gasteiger partial charge in [0.25, 0.3) is 0 Å². The van der Waals surface area contributed by atoms with Gasteiger partial charge in [-0.05, 0) is 48.9 Å². The molecule has 1 aromatic rings. The lowest BCUT2D eigenvalue weighted by atomic mass is 10.1. The predicted octanol–water partition coefficient (Wildman–Crippen LogP) is 2.59. The van der Waals surface area contributed by atoms with Crippen LogP contribution in [0.4, 0.5) is 4.39 Å². The van der Waals surface area contributed by atoms with E-state index in [1.54, 1.807) is 6.92 Å². The highest BCUT2D eigenvalue weighted by Gasteiger charge is 2.42. The number of alkyl halides is 1. The Kier molecular flexibility index (Phi) is 3.80. The molecule has 1 fully saturated rings. The average Bonchev–Trinajstić information content (AvgIpc) is 3.07. The maximum Gasteiger partial charge on any atom is 0.240 e. The normalized spacial score (nSPS) is 17.7. The van der Waals surface area contributed by atoms with Crippen molar-refractivity contribution in [1.29, 1.82) is 0 Å². The molecule has 3 nitrogen and oxygen atoms in total. The van der Waals surface area contributed by atoms with Crippen LogP contribution in [0.25, 0.3) is 0 Å². The summed E-state index contributed by atoms with van der Waals surface area (Å²) in [5, 5.41) is 0.797. The van der Waals surface area contributed by atoms with Crippen molar-refractivity contribution in [3.8, 4) is 0 Å². The molecule has 0 bridgehead atoms. The standard InChI is InChI=1S/C12H15BrFNO2S/c1-9-6-10(14)2-3-11(9)18(16,17)15-8-12(7-13)4-5-12/h2-3,6,15H,4-5,7-8H2,1H3. The molecule has 0 amide bonds. The molecule has 2 rings (SSSR count). The number of hydrogen-bond acceptors (Lipinski definition) is 2. The summed E-state index contributed by atoms with van der Waals surface area (Å²) >= 11 is 3.40. The Balaban J connectivity index is 2.15. The van der Waals surface area contributed by atoms with Crippen LogP contribution in [-0.2, 0) is 10.0 Å². The number of rotatable bonds is 5. The van der Waals surface area contributed by atoms with E-state index in [-0.39, 0.29) is 10.3 Å². The zero-order valence-electron chi connectivity index (χ0n) is 10.0. The zero-order valence-corrected chi connectivity index (χ0v) is 12.4. The van der Waals surface area contributed by atoms with Crippen molar-refractivity contribution in [2.75, 3.05) is 11.9 Å². The third-order valence-corrected chi connectivity index (χ3v) is 6.06. The van der Waals surface area contributed by atoms with E-state index in [0.29, 0.717) is 12.1 Å². The van der Waals surface area contributed by atoms with Crippen LogP contribution in [0.5, 0.6) is 0 Å². The highest BCUT2D eigenvalue weighted by Crippen LogP contribution is 2.46. The van der Waals surface area contributed by atoms with Gasteiger partial charge in [0, 0.05) is 11.9 Å². The van der Waals surface area contributed by atoms with E-state index in [0.717, 1.165) is 18.2 Å². The minimum Gasteiger partial charge on any atom is -0.211 e. The molecule has 0 unspecified atom stereocenters. The van der Waals surface area contributed by atoms with E-state index < -0.39 is 15.8 Å². The van der Waals surface area contributed by atoms with Crippen molar-refractivity contribution in [2.45, 2.75) is 24.7 Å². The van der Waals surface area contributed by atoms with E-state index in [1.165, 1.54) is 18.2 Å². The summed E-state index contributed by atoms with van der Waals surface area (Å²) < 4.78 is 39.8. The lowest BCUT2D eigenvalue weighted by Crippen LogP contribution is -2.31. The van der Waals surface area contributed by atoms with Gasteiger partial charge in [-0.15, -0.1) is 0 Å². The number of aryl methyl sites for hydroxylation is 1. The van der Waals surface area contributed by atoms with Crippen LogP contribution in [0.15, 0.2) is 23.1 Å². The number of sulfonamides is 1. The van der Waals surface area contributed by atoms with Crippen molar-refractivity contribution in [1.82, 2.24) is 4.72 Å². The lowest BCUT2D eigenvalue weighted by Gasteiger charge is -2.14. The van der Waals surface area contributed by atoms with Crippen LogP contribution in [0.2, 0.25) is 0 Å². The number of halogens is 2. The second kappa shape index (κ2) is 4.90. The second-order valence-electron chi connectivity index (χ2n) is 4.87. The molecule has 0 radical (unpaired) electrons. The van der Waals surface area contributed by atoms with Crippen LogP contribution in [0.1, 0.15) is 18.4 Å². The van der Waals surface area contributed by atoms with Gasteiger partial charge in [0.15, 0.2) is 0 Å². The Bertz CT molecular complexity index is 555. The van der Waals surface area contributed by atoms with E-state index in [1.807, 2.05) is 0 Å². The fraction of sp³-hybridized carbons (Fsp3) is 0.500. The smallest absolute Gasteiger partial charge is 0.211 e. The molecule has 1 aliphatic carbocycles. The van der Waals surface area contributed by atoms with Gasteiger partial charge < -0.3 is 0 Å². The fourth-order valence-corrected chi connectivity index (χ4v) is 3.92. The first kappa shape index (κ1) is 14.0. The van der Waals surface area contributed by atoms with Crippen molar-refractivity contribution in [3.63, 3.8) is 0 Å². The van der Waals surface area contributed by atoms with Crippen LogP contribution < -0.4 is 4.72 Å². The van der Waals surface area contributed by atoms with Gasteiger partial charge >= 0.3 is 0 Å². The van der Waals surface area contributed by atoms with Gasteiger partial charge in [0.2, 0.25) is 10.0 Å². The Morgan fingerprint density at radius 3 is 2.61 bits per heavy atom. The monoisotopic (exact) mass is 335 g/mol. The molecular weight excluding hydrogens is 321 g/mol. The molecule has 0 aromatic heterocycles. The molecule has 0 saturated heterocycles. The molecule has 100 valence electrons. The predicted molar refractivity (Wildman–Crippen MR) is 71.8 cm³/mol. The van der Waals surface area contributed by atoms with Crippen LogP contribution in [-0.4, -0.2) is 20.3 Å². The summed E-state index contributed by atoms with van der Waals surface area (Å²) in [5.41, 5.74) is 0.493. The zero-order chi connectivity index (χ0) is 13.4. The fourth-order valence-electron chi connectivity index (χ4n) is 1.77. The van der Waals surface area contributed by atoms with E-state index >= 15 is 0 Å². The summed E-state index contributed by atoms with van der Waals surface area (Å²) in [6, 6.07) is 3.70. The maximum absolute atomic E-state index is 13.0. The van der Waals surface area contributed by atoms with Crippen LogP contribution in [0.3, 0.4) is 0 Å². The van der Waals surface area contributed by atoms with E-state index in [4.69, 9.17) is 0 Å². The molecule has 0 aliphatic heterocycles. The summed E-state index contributed by atoms with van der Waals surface area (Å²) in [5.74, 6) is -0.425. The third-order valence-electron chi connectivity index (χ3n) is 3.30. The van der Waals surface area contributed by atoms with Gasteiger partial charge in [0.1, 0.15) is 5.82 Å². The van der Waals surface area contributed by atoms with Crippen LogP contribution >= 0.6 is 15.9 Å². The van der Waals surface area contributed by atoms with Gasteiger partial charge in [0.05, 0.1) is 4.90 Å².